The summed E-state index contributed by atoms with van der Waals surface area (Å²) in [6, 6.07) is 0. The van der Waals surface area contributed by atoms with E-state index in [0.717, 1.165) is 4.24 Å². The van der Waals surface area contributed by atoms with Crippen molar-refractivity contribution in [3.8, 4) is 0 Å². The highest BCUT2D eigenvalue weighted by Gasteiger charge is 2.05. The molecule has 10 heavy (non-hydrogen) atoms. The van der Waals surface area contributed by atoms with E-state index < -0.39 is 5.97 Å². The average Bonchev–Trinajstić information content (AvgIpc) is 2.40. The molecule has 0 aromatic rings. The summed E-state index contributed by atoms with van der Waals surface area (Å²) >= 11 is 2.95. The molecule has 53 valence electrons. The van der Waals surface area contributed by atoms with Crippen molar-refractivity contribution in [2.24, 2.45) is 0 Å². The van der Waals surface area contributed by atoms with Gasteiger partial charge in [0.25, 0.3) is 0 Å². The first kappa shape index (κ1) is 7.75. The molecular formula is C6H5O2S2. The lowest BCUT2D eigenvalue weighted by Gasteiger charge is -1.91. The van der Waals surface area contributed by atoms with Gasteiger partial charge in [-0.1, -0.05) is 23.5 Å². The van der Waals surface area contributed by atoms with Crippen molar-refractivity contribution in [1.29, 1.82) is 0 Å². The average molecular weight is 173 g/mol. The number of ether oxygens (including phenoxy) is 1. The molecule has 1 aliphatic heterocycles. The monoisotopic (exact) mass is 173 g/mol. The summed E-state index contributed by atoms with van der Waals surface area (Å²) < 4.78 is 5.23. The lowest BCUT2D eigenvalue weighted by molar-refractivity contribution is -0.135. The van der Waals surface area contributed by atoms with E-state index in [1.807, 2.05) is 10.8 Å². The van der Waals surface area contributed by atoms with Crippen LogP contribution in [0.25, 0.3) is 0 Å². The molecule has 0 amide bonds. The number of methoxy groups -OCH3 is 1. The first-order chi connectivity index (χ1) is 4.83. The van der Waals surface area contributed by atoms with Crippen LogP contribution in [0.2, 0.25) is 0 Å². The molecule has 0 fully saturated rings. The van der Waals surface area contributed by atoms with Crippen LogP contribution in [0, 0.1) is 6.08 Å². The predicted molar refractivity (Wildman–Crippen MR) is 43.1 cm³/mol. The van der Waals surface area contributed by atoms with Gasteiger partial charge in [0.2, 0.25) is 0 Å². The minimum atomic E-state index is -0.418. The van der Waals surface area contributed by atoms with Crippen LogP contribution in [0.15, 0.2) is 15.1 Å². The van der Waals surface area contributed by atoms with Crippen LogP contribution < -0.4 is 0 Å². The highest BCUT2D eigenvalue weighted by atomic mass is 32.2. The molecule has 1 heterocycles. The third-order valence-electron chi connectivity index (χ3n) is 0.795. The maximum atomic E-state index is 10.6. The van der Waals surface area contributed by atoms with Crippen LogP contribution in [0.4, 0.5) is 0 Å². The molecule has 1 radical (unpaired) electrons. The number of esters is 1. The van der Waals surface area contributed by atoms with E-state index in [1.165, 1.54) is 30.6 Å². The third-order valence-corrected chi connectivity index (χ3v) is 2.72. The lowest BCUT2D eigenvalue weighted by atomic mass is 10.7. The minimum Gasteiger partial charge on any atom is -0.465 e. The second kappa shape index (κ2) is 3.73. The Labute approximate surface area is 67.7 Å². The van der Waals surface area contributed by atoms with Crippen LogP contribution in [-0.2, 0) is 9.53 Å². The Bertz CT molecular complexity index is 186. The number of thioether (sulfide) groups is 2. The van der Waals surface area contributed by atoms with E-state index in [0.29, 0.717) is 0 Å². The number of rotatable bonds is 1. The van der Waals surface area contributed by atoms with Gasteiger partial charge in [-0.05, 0) is 10.8 Å². The summed E-state index contributed by atoms with van der Waals surface area (Å²) in [7, 11) is 1.34. The van der Waals surface area contributed by atoms with E-state index in [9.17, 15) is 4.79 Å². The zero-order valence-corrected chi connectivity index (χ0v) is 6.92. The van der Waals surface area contributed by atoms with Gasteiger partial charge in [-0.15, -0.1) is 0 Å². The maximum Gasteiger partial charge on any atom is 0.340 e. The third kappa shape index (κ3) is 2.11. The molecule has 0 spiro atoms. The summed E-state index contributed by atoms with van der Waals surface area (Å²) in [5.74, 6) is -0.418. The zero-order valence-electron chi connectivity index (χ0n) is 5.29. The van der Waals surface area contributed by atoms with Crippen molar-refractivity contribution < 1.29 is 9.53 Å². The minimum absolute atomic E-state index is 0.418. The second-order valence-electron chi connectivity index (χ2n) is 1.41. The molecule has 0 aromatic heterocycles. The van der Waals surface area contributed by atoms with Crippen molar-refractivity contribution in [3.63, 3.8) is 0 Å². The highest BCUT2D eigenvalue weighted by molar-refractivity contribution is 8.27. The van der Waals surface area contributed by atoms with Gasteiger partial charge in [0.1, 0.15) is 0 Å². The Morgan fingerprint density at radius 3 is 2.70 bits per heavy atom. The van der Waals surface area contributed by atoms with E-state index in [-0.39, 0.29) is 0 Å². The maximum absolute atomic E-state index is 10.6. The van der Waals surface area contributed by atoms with Crippen LogP contribution in [0.3, 0.4) is 0 Å². The van der Waals surface area contributed by atoms with Crippen LogP contribution in [0.1, 0.15) is 0 Å². The van der Waals surface area contributed by atoms with Crippen LogP contribution >= 0.6 is 23.5 Å². The van der Waals surface area contributed by atoms with Crippen LogP contribution in [0.5, 0.6) is 0 Å². The largest absolute Gasteiger partial charge is 0.465 e. The fourth-order valence-corrected chi connectivity index (χ4v) is 1.93. The Morgan fingerprint density at radius 2 is 2.20 bits per heavy atom. The molecule has 1 rings (SSSR count). The summed E-state index contributed by atoms with van der Waals surface area (Å²) in [4.78, 5) is 10.6. The molecule has 1 aliphatic rings. The zero-order chi connectivity index (χ0) is 7.40. The second-order valence-corrected chi connectivity index (χ2v) is 3.50. The predicted octanol–water partition coefficient (Wildman–Crippen LogP) is 1.76. The molecule has 4 heteroatoms. The Balaban J connectivity index is 2.47. The normalized spacial score (nSPS) is 15.5. The number of carbonyl (C=O) groups excluding carboxylic acids is 1. The van der Waals surface area contributed by atoms with Crippen molar-refractivity contribution >= 4 is 29.5 Å². The quantitative estimate of drug-likeness (QED) is 0.446. The fourth-order valence-electron chi connectivity index (χ4n) is 0.400. The Morgan fingerprint density at radius 1 is 1.60 bits per heavy atom. The smallest absolute Gasteiger partial charge is 0.340 e. The molecule has 0 aliphatic carbocycles. The summed E-state index contributed by atoms with van der Waals surface area (Å²) in [5.41, 5.74) is 0. The van der Waals surface area contributed by atoms with Gasteiger partial charge in [0.15, 0.2) is 0 Å². The molecule has 0 saturated heterocycles. The summed E-state index contributed by atoms with van der Waals surface area (Å²) in [6.07, 6.45) is 2.55. The number of carbonyl (C=O) groups is 1. The molecule has 0 bridgehead atoms. The van der Waals surface area contributed by atoms with Gasteiger partial charge in [-0.2, -0.15) is 0 Å². The molecule has 0 saturated carbocycles. The summed E-state index contributed by atoms with van der Waals surface area (Å²) in [6.45, 7) is 0. The Kier molecular flexibility index (Phi) is 2.89. The van der Waals surface area contributed by atoms with Gasteiger partial charge in [0.05, 0.1) is 17.4 Å². The molecule has 2 nitrogen and oxygen atoms in total. The van der Waals surface area contributed by atoms with Gasteiger partial charge < -0.3 is 4.74 Å². The molecule has 0 atom stereocenters. The summed E-state index contributed by atoms with van der Waals surface area (Å²) in [5, 5.41) is 3.80. The lowest BCUT2D eigenvalue weighted by Crippen LogP contribution is -1.94. The number of hydrogen-bond acceptors (Lipinski definition) is 4. The molecule has 0 unspecified atom stereocenters. The van der Waals surface area contributed by atoms with Gasteiger partial charge in [-0.25, -0.2) is 4.79 Å². The van der Waals surface area contributed by atoms with Crippen molar-refractivity contribution in [2.75, 3.05) is 7.11 Å². The van der Waals surface area contributed by atoms with E-state index in [4.69, 9.17) is 0 Å². The van der Waals surface area contributed by atoms with Gasteiger partial charge in [0, 0.05) is 0 Å². The first-order valence-corrected chi connectivity index (χ1v) is 4.29. The SMILES string of the molecule is COC(=O)[C]=C1SC=CS1. The van der Waals surface area contributed by atoms with Crippen molar-refractivity contribution in [1.82, 2.24) is 0 Å². The molecule has 0 aromatic carbocycles. The molecular weight excluding hydrogens is 168 g/mol. The van der Waals surface area contributed by atoms with E-state index in [1.54, 1.807) is 0 Å². The van der Waals surface area contributed by atoms with E-state index in [2.05, 4.69) is 10.8 Å². The highest BCUT2D eigenvalue weighted by Crippen LogP contribution is 2.36. The topological polar surface area (TPSA) is 26.3 Å². The molecule has 0 N–H and O–H groups in total. The number of hydrogen-bond donors (Lipinski definition) is 0. The standard InChI is InChI=1S/C6H5O2S2/c1-8-5(7)4-6-9-2-3-10-6/h2-3H,1H3. The van der Waals surface area contributed by atoms with Gasteiger partial charge >= 0.3 is 5.97 Å². The Hall–Kier alpha value is -0.350. The fraction of sp³-hybridized carbons (Fsp3) is 0.167. The van der Waals surface area contributed by atoms with E-state index >= 15 is 0 Å². The van der Waals surface area contributed by atoms with Crippen molar-refractivity contribution in [2.45, 2.75) is 0 Å². The van der Waals surface area contributed by atoms with Crippen molar-refractivity contribution in [3.05, 3.63) is 21.1 Å². The first-order valence-electron chi connectivity index (χ1n) is 2.53. The van der Waals surface area contributed by atoms with Gasteiger partial charge in [-0.3, -0.25) is 0 Å². The van der Waals surface area contributed by atoms with Crippen LogP contribution in [-0.4, -0.2) is 13.1 Å².